The number of hydrogen-bond donors (Lipinski definition) is 0. The number of hydrogen-bond acceptors (Lipinski definition) is 2. The first-order chi connectivity index (χ1) is 6.29. The predicted octanol–water partition coefficient (Wildman–Crippen LogP) is 2.64. The van der Waals surface area contributed by atoms with Crippen molar-refractivity contribution in [1.82, 2.24) is 0 Å². The molecule has 3 unspecified atom stereocenters. The minimum atomic E-state index is -0.375. The van der Waals surface area contributed by atoms with Crippen LogP contribution in [0.15, 0.2) is 12.2 Å². The molecule has 2 rings (SSSR count). The highest BCUT2D eigenvalue weighted by atomic mass is 16.6. The molecule has 0 radical (unpaired) electrons. The van der Waals surface area contributed by atoms with Gasteiger partial charge in [-0.15, -0.1) is 0 Å². The first-order valence-corrected chi connectivity index (χ1v) is 5.12. The molecule has 3 atom stereocenters. The average Bonchev–Trinajstić information content (AvgIpc) is 2.49. The van der Waals surface area contributed by atoms with Crippen LogP contribution in [0, 0.1) is 26.9 Å². The van der Waals surface area contributed by atoms with E-state index in [1.807, 2.05) is 0 Å². The number of rotatable bonds is 1. The zero-order valence-corrected chi connectivity index (χ0v) is 9.04. The molecule has 2 aliphatic rings. The minimum Gasteiger partial charge on any atom is -0.264 e. The van der Waals surface area contributed by atoms with Crippen LogP contribution in [0.4, 0.5) is 0 Å². The summed E-state index contributed by atoms with van der Waals surface area (Å²) in [5.74, 6) is 0.116. The fraction of sp³-hybridized carbons (Fsp3) is 0.818. The molecule has 0 amide bonds. The highest BCUT2D eigenvalue weighted by Crippen LogP contribution is 2.66. The van der Waals surface area contributed by atoms with Crippen molar-refractivity contribution >= 4 is 0 Å². The van der Waals surface area contributed by atoms with E-state index in [1.54, 1.807) is 0 Å². The zero-order valence-electron chi connectivity index (χ0n) is 9.04. The van der Waals surface area contributed by atoms with Gasteiger partial charge in [-0.05, 0) is 17.3 Å². The van der Waals surface area contributed by atoms with Gasteiger partial charge < -0.3 is 0 Å². The van der Waals surface area contributed by atoms with E-state index in [4.69, 9.17) is 0 Å². The van der Waals surface area contributed by atoms with Gasteiger partial charge in [-0.25, -0.2) is 0 Å². The Bertz CT molecular complexity index is 321. The molecular formula is C11H17NO2. The van der Waals surface area contributed by atoms with Gasteiger partial charge >= 0.3 is 0 Å². The molecule has 3 heteroatoms. The minimum absolute atomic E-state index is 0.0736. The Morgan fingerprint density at radius 3 is 2.36 bits per heavy atom. The van der Waals surface area contributed by atoms with Crippen LogP contribution >= 0.6 is 0 Å². The highest BCUT2D eigenvalue weighted by molar-refractivity contribution is 5.29. The van der Waals surface area contributed by atoms with E-state index in [-0.39, 0.29) is 27.7 Å². The Kier molecular flexibility index (Phi) is 1.65. The third-order valence-electron chi connectivity index (χ3n) is 4.82. The Morgan fingerprint density at radius 2 is 2.00 bits per heavy atom. The van der Waals surface area contributed by atoms with Crippen molar-refractivity contribution in [3.8, 4) is 0 Å². The Balaban J connectivity index is 2.38. The van der Waals surface area contributed by atoms with Gasteiger partial charge in [0.1, 0.15) is 0 Å². The van der Waals surface area contributed by atoms with E-state index < -0.39 is 0 Å². The third-order valence-corrected chi connectivity index (χ3v) is 4.82. The summed E-state index contributed by atoms with van der Waals surface area (Å²) in [4.78, 5) is 10.7. The van der Waals surface area contributed by atoms with Gasteiger partial charge in [-0.3, -0.25) is 10.1 Å². The van der Waals surface area contributed by atoms with Crippen LogP contribution in [0.5, 0.6) is 0 Å². The third kappa shape index (κ3) is 0.877. The van der Waals surface area contributed by atoms with E-state index in [1.165, 1.54) is 0 Å². The fourth-order valence-electron chi connectivity index (χ4n) is 3.25. The van der Waals surface area contributed by atoms with Crippen molar-refractivity contribution < 1.29 is 4.92 Å². The Morgan fingerprint density at radius 1 is 1.43 bits per heavy atom. The van der Waals surface area contributed by atoms with Crippen molar-refractivity contribution in [2.75, 3.05) is 0 Å². The molecule has 2 bridgehead atoms. The maximum Gasteiger partial charge on any atom is 0.220 e. The zero-order chi connectivity index (χ0) is 10.7. The van der Waals surface area contributed by atoms with Gasteiger partial charge in [-0.2, -0.15) is 0 Å². The van der Waals surface area contributed by atoms with Crippen molar-refractivity contribution in [3.63, 3.8) is 0 Å². The fourth-order valence-corrected chi connectivity index (χ4v) is 3.25. The van der Waals surface area contributed by atoms with E-state index in [0.29, 0.717) is 0 Å². The van der Waals surface area contributed by atoms with E-state index >= 15 is 0 Å². The predicted molar refractivity (Wildman–Crippen MR) is 54.5 cm³/mol. The van der Waals surface area contributed by atoms with Crippen LogP contribution in [0.25, 0.3) is 0 Å². The van der Waals surface area contributed by atoms with Crippen molar-refractivity contribution in [2.24, 2.45) is 16.7 Å². The van der Waals surface area contributed by atoms with Crippen molar-refractivity contribution in [3.05, 3.63) is 22.3 Å². The molecule has 0 N–H and O–H groups in total. The first-order valence-electron chi connectivity index (χ1n) is 5.12. The van der Waals surface area contributed by atoms with E-state index in [2.05, 4.69) is 27.4 Å². The van der Waals surface area contributed by atoms with Gasteiger partial charge in [0, 0.05) is 17.3 Å². The number of fused-ring (bicyclic) bond motifs is 2. The van der Waals surface area contributed by atoms with Crippen molar-refractivity contribution in [2.45, 2.75) is 39.7 Å². The second-order valence-electron chi connectivity index (χ2n) is 5.58. The quantitative estimate of drug-likeness (QED) is 0.367. The van der Waals surface area contributed by atoms with E-state index in [9.17, 15) is 10.1 Å². The molecular weight excluding hydrogens is 178 g/mol. The molecule has 14 heavy (non-hydrogen) atoms. The van der Waals surface area contributed by atoms with Crippen LogP contribution in [0.3, 0.4) is 0 Å². The highest BCUT2D eigenvalue weighted by Gasteiger charge is 2.64. The largest absolute Gasteiger partial charge is 0.264 e. The van der Waals surface area contributed by atoms with E-state index in [0.717, 1.165) is 18.4 Å². The van der Waals surface area contributed by atoms with Crippen LogP contribution in [-0.2, 0) is 0 Å². The Labute approximate surface area is 84.3 Å². The normalized spacial score (nSPS) is 44.4. The van der Waals surface area contributed by atoms with Gasteiger partial charge in [0.05, 0.1) is 0 Å². The standard InChI is InChI=1S/C11H17NO2/c1-7-8-5-11(4,10(7,2)3)6-9(8)12(13)14/h8-9H,1,5-6H2,2-4H3. The summed E-state index contributed by atoms with van der Waals surface area (Å²) in [7, 11) is 0. The van der Waals surface area contributed by atoms with Crippen LogP contribution in [0.1, 0.15) is 33.6 Å². The van der Waals surface area contributed by atoms with Crippen LogP contribution < -0.4 is 0 Å². The molecule has 0 spiro atoms. The number of nitrogens with zero attached hydrogens (tertiary/aromatic N) is 1. The molecule has 78 valence electrons. The van der Waals surface area contributed by atoms with Gasteiger partial charge in [0.25, 0.3) is 0 Å². The lowest BCUT2D eigenvalue weighted by Gasteiger charge is -2.40. The molecule has 2 saturated carbocycles. The number of nitro groups is 1. The molecule has 3 nitrogen and oxygen atoms in total. The summed E-state index contributed by atoms with van der Waals surface area (Å²) in [6, 6.07) is -0.375. The summed E-state index contributed by atoms with van der Waals surface area (Å²) < 4.78 is 0. The van der Waals surface area contributed by atoms with Crippen molar-refractivity contribution in [1.29, 1.82) is 0 Å². The summed E-state index contributed by atoms with van der Waals surface area (Å²) >= 11 is 0. The monoisotopic (exact) mass is 195 g/mol. The summed E-state index contributed by atoms with van der Waals surface area (Å²) in [5, 5.41) is 10.9. The molecule has 0 aromatic heterocycles. The molecule has 0 aliphatic heterocycles. The maximum absolute atomic E-state index is 10.9. The molecule has 2 fully saturated rings. The summed E-state index contributed by atoms with van der Waals surface area (Å²) in [5.41, 5.74) is 1.25. The summed E-state index contributed by atoms with van der Waals surface area (Å²) in [6.45, 7) is 10.6. The molecule has 2 aliphatic carbocycles. The molecule has 0 aromatic carbocycles. The SMILES string of the molecule is C=C1C2CC(C)(CC2[N+](=O)[O-])C1(C)C. The summed E-state index contributed by atoms with van der Waals surface area (Å²) in [6.07, 6.45) is 1.67. The molecule has 0 heterocycles. The Hall–Kier alpha value is -0.860. The molecule has 0 saturated heterocycles. The van der Waals surface area contributed by atoms with Crippen LogP contribution in [-0.4, -0.2) is 11.0 Å². The smallest absolute Gasteiger partial charge is 0.220 e. The second-order valence-corrected chi connectivity index (χ2v) is 5.58. The van der Waals surface area contributed by atoms with Gasteiger partial charge in [0.2, 0.25) is 6.04 Å². The van der Waals surface area contributed by atoms with Gasteiger partial charge in [0.15, 0.2) is 0 Å². The topological polar surface area (TPSA) is 43.1 Å². The lowest BCUT2D eigenvalue weighted by molar-refractivity contribution is -0.530. The van der Waals surface area contributed by atoms with Crippen LogP contribution in [0.2, 0.25) is 0 Å². The molecule has 0 aromatic rings. The average molecular weight is 195 g/mol. The lowest BCUT2D eigenvalue weighted by atomic mass is 9.63. The second kappa shape index (κ2) is 2.38. The lowest BCUT2D eigenvalue weighted by Crippen LogP contribution is -2.39. The maximum atomic E-state index is 10.9. The first kappa shape index (κ1) is 9.69. The van der Waals surface area contributed by atoms with Gasteiger partial charge in [-0.1, -0.05) is 32.9 Å².